The maximum absolute atomic E-state index is 12.4. The third-order valence-electron chi connectivity index (χ3n) is 4.00. The van der Waals surface area contributed by atoms with Crippen molar-refractivity contribution in [3.8, 4) is 0 Å². The Labute approximate surface area is 149 Å². The van der Waals surface area contributed by atoms with Crippen LogP contribution < -0.4 is 10.6 Å². The van der Waals surface area contributed by atoms with Gasteiger partial charge in [0.1, 0.15) is 16.0 Å². The molecule has 2 N–H and O–H groups in total. The van der Waals surface area contributed by atoms with Crippen LogP contribution in [0.25, 0.3) is 0 Å². The Morgan fingerprint density at radius 3 is 2.92 bits per heavy atom. The van der Waals surface area contributed by atoms with Gasteiger partial charge in [-0.3, -0.25) is 10.1 Å². The number of nitrogens with one attached hydrogen (secondary N) is 2. The molecule has 0 radical (unpaired) electrons. The number of carbonyl (C=O) groups is 1. The van der Waals surface area contributed by atoms with Crippen molar-refractivity contribution in [2.24, 2.45) is 0 Å². The second-order valence-electron chi connectivity index (χ2n) is 5.71. The normalized spacial score (nSPS) is 16.9. The third-order valence-corrected chi connectivity index (χ3v) is 6.23. The van der Waals surface area contributed by atoms with Gasteiger partial charge in [-0.05, 0) is 45.7 Å². The first-order chi connectivity index (χ1) is 11.7. The molecule has 6 nitrogen and oxygen atoms in total. The van der Waals surface area contributed by atoms with E-state index in [9.17, 15) is 4.79 Å². The summed E-state index contributed by atoms with van der Waals surface area (Å²) in [6.07, 6.45) is 5.66. The zero-order valence-electron chi connectivity index (χ0n) is 13.9. The molecule has 1 unspecified atom stereocenters. The van der Waals surface area contributed by atoms with Crippen LogP contribution in [0.1, 0.15) is 58.3 Å². The van der Waals surface area contributed by atoms with E-state index >= 15 is 0 Å². The number of carbonyl (C=O) groups excluding carboxylic acids is 1. The molecule has 0 spiro atoms. The Bertz CT molecular complexity index is 679. The predicted molar refractivity (Wildman–Crippen MR) is 97.1 cm³/mol. The molecule has 0 aliphatic carbocycles. The molecule has 1 aliphatic heterocycles. The average molecular weight is 367 g/mol. The molecule has 0 saturated carbocycles. The lowest BCUT2D eigenvalue weighted by Gasteiger charge is -2.20. The largest absolute Gasteiger partial charge is 0.372 e. The van der Waals surface area contributed by atoms with Gasteiger partial charge in [-0.25, -0.2) is 9.97 Å². The smallest absolute Gasteiger partial charge is 0.269 e. The molecule has 1 fully saturated rings. The molecule has 3 rings (SSSR count). The van der Waals surface area contributed by atoms with Crippen molar-refractivity contribution in [3.05, 3.63) is 27.2 Å². The summed E-state index contributed by atoms with van der Waals surface area (Å²) in [4.78, 5) is 22.8. The van der Waals surface area contributed by atoms with Gasteiger partial charge in [0.2, 0.25) is 0 Å². The summed E-state index contributed by atoms with van der Waals surface area (Å²) in [5.41, 5.74) is 0. The highest BCUT2D eigenvalue weighted by Gasteiger charge is 2.20. The van der Waals surface area contributed by atoms with Gasteiger partial charge < -0.3 is 10.1 Å². The van der Waals surface area contributed by atoms with Crippen LogP contribution in [0.4, 0.5) is 5.13 Å². The highest BCUT2D eigenvalue weighted by Crippen LogP contribution is 2.32. The molecule has 2 aromatic heterocycles. The minimum Gasteiger partial charge on any atom is -0.372 e. The number of ether oxygens (including phenoxy) is 1. The maximum atomic E-state index is 12.4. The fourth-order valence-electron chi connectivity index (χ4n) is 2.70. The van der Waals surface area contributed by atoms with Gasteiger partial charge in [0.15, 0.2) is 5.13 Å². The van der Waals surface area contributed by atoms with Crippen molar-refractivity contribution in [2.75, 3.05) is 25.0 Å². The number of nitrogens with zero attached hydrogens (tertiary/aromatic N) is 2. The van der Waals surface area contributed by atoms with E-state index in [0.717, 1.165) is 30.9 Å². The summed E-state index contributed by atoms with van der Waals surface area (Å²) >= 11 is 2.94. The second-order valence-corrected chi connectivity index (χ2v) is 7.83. The average Bonchev–Trinajstić information content (AvgIpc) is 3.25. The second kappa shape index (κ2) is 8.15. The number of anilines is 1. The highest BCUT2D eigenvalue weighted by atomic mass is 32.1. The van der Waals surface area contributed by atoms with Crippen molar-refractivity contribution in [1.29, 1.82) is 0 Å². The van der Waals surface area contributed by atoms with E-state index in [1.165, 1.54) is 16.2 Å². The molecule has 130 valence electrons. The Balaban J connectivity index is 1.61. The summed E-state index contributed by atoms with van der Waals surface area (Å²) < 4.78 is 5.51. The standard InChI is InChI=1S/C16H22N4O2S2/c1-3-22-10(2)15-18-9-13(23-15)14(21)20-16-19-8-12(24-16)11-4-6-17-7-5-11/h8-11,17H,3-7H2,1-2H3,(H,19,20,21). The summed E-state index contributed by atoms with van der Waals surface area (Å²) in [6.45, 7) is 6.61. The van der Waals surface area contributed by atoms with Crippen LogP contribution in [0.2, 0.25) is 0 Å². The lowest BCUT2D eigenvalue weighted by molar-refractivity contribution is 0.0762. The molecular formula is C16H22N4O2S2. The maximum Gasteiger partial charge on any atom is 0.269 e. The van der Waals surface area contributed by atoms with Gasteiger partial charge in [0, 0.05) is 17.7 Å². The van der Waals surface area contributed by atoms with Gasteiger partial charge in [-0.15, -0.1) is 22.7 Å². The van der Waals surface area contributed by atoms with E-state index in [1.54, 1.807) is 17.5 Å². The fourth-order valence-corrected chi connectivity index (χ4v) is 4.49. The van der Waals surface area contributed by atoms with Crippen LogP contribution in [-0.2, 0) is 4.74 Å². The lowest BCUT2D eigenvalue weighted by Crippen LogP contribution is -2.26. The zero-order valence-corrected chi connectivity index (χ0v) is 15.5. The van der Waals surface area contributed by atoms with Crippen molar-refractivity contribution < 1.29 is 9.53 Å². The number of aromatic nitrogens is 2. The number of piperidine rings is 1. The third kappa shape index (κ3) is 4.18. The van der Waals surface area contributed by atoms with E-state index in [-0.39, 0.29) is 12.0 Å². The van der Waals surface area contributed by atoms with Crippen LogP contribution in [0.15, 0.2) is 12.4 Å². The van der Waals surface area contributed by atoms with Crippen molar-refractivity contribution in [1.82, 2.24) is 15.3 Å². The highest BCUT2D eigenvalue weighted by molar-refractivity contribution is 7.16. The van der Waals surface area contributed by atoms with Crippen LogP contribution in [0.3, 0.4) is 0 Å². The van der Waals surface area contributed by atoms with Gasteiger partial charge in [-0.1, -0.05) is 0 Å². The zero-order chi connectivity index (χ0) is 16.9. The van der Waals surface area contributed by atoms with E-state index < -0.39 is 0 Å². The predicted octanol–water partition coefficient (Wildman–Crippen LogP) is 3.42. The summed E-state index contributed by atoms with van der Waals surface area (Å²) in [7, 11) is 0. The summed E-state index contributed by atoms with van der Waals surface area (Å²) in [5.74, 6) is 0.394. The SMILES string of the molecule is CCOC(C)c1ncc(C(=O)Nc2ncc(C3CCNCC3)s2)s1. The van der Waals surface area contributed by atoms with E-state index in [4.69, 9.17) is 4.74 Å². The van der Waals surface area contributed by atoms with Gasteiger partial charge in [-0.2, -0.15) is 0 Å². The molecule has 24 heavy (non-hydrogen) atoms. The fraction of sp³-hybridized carbons (Fsp3) is 0.562. The molecule has 3 heterocycles. The Morgan fingerprint density at radius 2 is 2.17 bits per heavy atom. The first kappa shape index (κ1) is 17.5. The minimum absolute atomic E-state index is 0.0899. The summed E-state index contributed by atoms with van der Waals surface area (Å²) in [5, 5.41) is 7.72. The summed E-state index contributed by atoms with van der Waals surface area (Å²) in [6, 6.07) is 0. The number of hydrogen-bond donors (Lipinski definition) is 2. The quantitative estimate of drug-likeness (QED) is 0.819. The van der Waals surface area contributed by atoms with Crippen LogP contribution >= 0.6 is 22.7 Å². The Morgan fingerprint density at radius 1 is 1.38 bits per heavy atom. The van der Waals surface area contributed by atoms with Gasteiger partial charge >= 0.3 is 0 Å². The minimum atomic E-state index is -0.159. The molecule has 8 heteroatoms. The van der Waals surface area contributed by atoms with Gasteiger partial charge in [0.25, 0.3) is 5.91 Å². The number of thiazole rings is 2. The molecule has 0 bridgehead atoms. The van der Waals surface area contributed by atoms with E-state index in [1.807, 2.05) is 20.0 Å². The van der Waals surface area contributed by atoms with Crippen molar-refractivity contribution in [3.63, 3.8) is 0 Å². The molecule has 1 saturated heterocycles. The number of amides is 1. The Kier molecular flexibility index (Phi) is 5.94. The molecule has 1 aliphatic rings. The molecule has 2 aromatic rings. The van der Waals surface area contributed by atoms with Crippen molar-refractivity contribution in [2.45, 2.75) is 38.7 Å². The van der Waals surface area contributed by atoms with Crippen molar-refractivity contribution >= 4 is 33.7 Å². The van der Waals surface area contributed by atoms with Crippen LogP contribution in [0.5, 0.6) is 0 Å². The molecule has 0 aromatic carbocycles. The number of rotatable bonds is 6. The molecule has 1 amide bonds. The first-order valence-corrected chi connectivity index (χ1v) is 9.85. The lowest BCUT2D eigenvalue weighted by atomic mass is 9.97. The van der Waals surface area contributed by atoms with Gasteiger partial charge in [0.05, 0.1) is 6.20 Å². The Hall–Kier alpha value is -1.35. The van der Waals surface area contributed by atoms with Crippen LogP contribution in [0, 0.1) is 0 Å². The molecule has 1 atom stereocenters. The first-order valence-electron chi connectivity index (χ1n) is 8.22. The van der Waals surface area contributed by atoms with E-state index in [2.05, 4.69) is 20.6 Å². The molecular weight excluding hydrogens is 344 g/mol. The van der Waals surface area contributed by atoms with E-state index in [0.29, 0.717) is 22.5 Å². The number of hydrogen-bond acceptors (Lipinski definition) is 7. The van der Waals surface area contributed by atoms with Crippen LogP contribution in [-0.4, -0.2) is 35.6 Å². The topological polar surface area (TPSA) is 76.1 Å². The monoisotopic (exact) mass is 366 g/mol.